The Balaban J connectivity index is 1.97. The maximum atomic E-state index is 13.0. The highest BCUT2D eigenvalue weighted by atomic mass is 35.5. The molecule has 0 heterocycles. The molecule has 0 fully saturated rings. The number of halogens is 2. The molecule has 3 heteroatoms. The van der Waals surface area contributed by atoms with Gasteiger partial charge in [-0.05, 0) is 36.1 Å². The van der Waals surface area contributed by atoms with Gasteiger partial charge in [-0.2, -0.15) is 0 Å². The van der Waals surface area contributed by atoms with E-state index in [1.165, 1.54) is 6.07 Å². The summed E-state index contributed by atoms with van der Waals surface area (Å²) in [4.78, 5) is 0. The normalized spacial score (nSPS) is 12.4. The highest BCUT2D eigenvalue weighted by molar-refractivity contribution is 6.30. The Morgan fingerprint density at radius 1 is 1.17 bits per heavy atom. The van der Waals surface area contributed by atoms with Crippen molar-refractivity contribution < 1.29 is 4.39 Å². The van der Waals surface area contributed by atoms with Crippen molar-refractivity contribution in [2.24, 2.45) is 5.73 Å². The average Bonchev–Trinajstić information content (AvgIpc) is 2.41. The van der Waals surface area contributed by atoms with Crippen LogP contribution in [0.15, 0.2) is 48.5 Å². The Morgan fingerprint density at radius 3 is 2.56 bits per heavy atom. The minimum atomic E-state index is -0.402. The van der Waals surface area contributed by atoms with Crippen molar-refractivity contribution in [1.29, 1.82) is 0 Å². The smallest absolute Gasteiger partial charge is 0.141 e. The summed E-state index contributed by atoms with van der Waals surface area (Å²) in [5.41, 5.74) is 8.04. The molecule has 2 rings (SSSR count). The molecule has 1 nitrogen and oxygen atoms in total. The molecule has 0 saturated carbocycles. The van der Waals surface area contributed by atoms with Gasteiger partial charge in [0.25, 0.3) is 0 Å². The van der Waals surface area contributed by atoms with E-state index in [1.807, 2.05) is 36.8 Å². The van der Waals surface area contributed by atoms with Gasteiger partial charge in [-0.25, -0.2) is 4.39 Å². The lowest BCUT2D eigenvalue weighted by molar-refractivity contribution is 0.627. The third-order valence-corrected chi connectivity index (χ3v) is 3.07. The Labute approximate surface area is 111 Å². The highest BCUT2D eigenvalue weighted by Gasteiger charge is 2.07. The van der Waals surface area contributed by atoms with Gasteiger partial charge in [-0.1, -0.05) is 48.0 Å². The standard InChI is InChI=1S/C15H14ClFN/c16-13-10-11(6-8-14(13)17)7-9-15(18)12-4-2-1-3-5-12/h1-8,10,15H,9,18H2. The molecule has 18 heavy (non-hydrogen) atoms. The quantitative estimate of drug-likeness (QED) is 0.881. The molecule has 0 aliphatic rings. The van der Waals surface area contributed by atoms with Crippen LogP contribution < -0.4 is 5.73 Å². The first kappa shape index (κ1) is 13.1. The van der Waals surface area contributed by atoms with Crippen LogP contribution in [0.2, 0.25) is 5.02 Å². The van der Waals surface area contributed by atoms with E-state index in [4.69, 9.17) is 17.3 Å². The Morgan fingerprint density at radius 2 is 1.89 bits per heavy atom. The van der Waals surface area contributed by atoms with Crippen molar-refractivity contribution in [3.8, 4) is 0 Å². The van der Waals surface area contributed by atoms with Gasteiger partial charge in [-0.15, -0.1) is 0 Å². The van der Waals surface area contributed by atoms with Crippen LogP contribution in [0.5, 0.6) is 0 Å². The van der Waals surface area contributed by atoms with Crippen molar-refractivity contribution in [2.45, 2.75) is 12.5 Å². The van der Waals surface area contributed by atoms with Crippen LogP contribution >= 0.6 is 11.6 Å². The predicted octanol–water partition coefficient (Wildman–Crippen LogP) is 4.12. The number of benzene rings is 2. The van der Waals surface area contributed by atoms with E-state index in [0.29, 0.717) is 6.42 Å². The predicted molar refractivity (Wildman–Crippen MR) is 72.8 cm³/mol. The molecule has 2 N–H and O–H groups in total. The van der Waals surface area contributed by atoms with Gasteiger partial charge in [0.1, 0.15) is 5.82 Å². The van der Waals surface area contributed by atoms with E-state index in [2.05, 4.69) is 0 Å². The summed E-state index contributed by atoms with van der Waals surface area (Å²) in [7, 11) is 0. The summed E-state index contributed by atoms with van der Waals surface area (Å²) >= 11 is 5.72. The Hall–Kier alpha value is -1.38. The van der Waals surface area contributed by atoms with Gasteiger partial charge < -0.3 is 5.73 Å². The summed E-state index contributed by atoms with van der Waals surface area (Å²) in [5, 5.41) is 0.136. The molecule has 0 amide bonds. The molecule has 0 bridgehead atoms. The van der Waals surface area contributed by atoms with Crippen LogP contribution in [0, 0.1) is 12.2 Å². The second kappa shape index (κ2) is 5.98. The van der Waals surface area contributed by atoms with Crippen LogP contribution in [-0.4, -0.2) is 0 Å². The average molecular weight is 263 g/mol. The minimum Gasteiger partial charge on any atom is -0.324 e. The minimum absolute atomic E-state index is 0.0602. The molecule has 1 atom stereocenters. The van der Waals surface area contributed by atoms with Gasteiger partial charge in [-0.3, -0.25) is 0 Å². The molecule has 1 radical (unpaired) electrons. The first-order valence-corrected chi connectivity index (χ1v) is 6.13. The third kappa shape index (κ3) is 3.31. The van der Waals surface area contributed by atoms with Crippen LogP contribution in [0.25, 0.3) is 0 Å². The van der Waals surface area contributed by atoms with E-state index in [-0.39, 0.29) is 11.1 Å². The number of rotatable bonds is 4. The fourth-order valence-electron chi connectivity index (χ4n) is 1.74. The van der Waals surface area contributed by atoms with E-state index < -0.39 is 5.82 Å². The Bertz CT molecular complexity index is 513. The van der Waals surface area contributed by atoms with Crippen LogP contribution in [-0.2, 0) is 0 Å². The SMILES string of the molecule is NC(C[CH]c1ccc(F)c(Cl)c1)c1ccccc1. The lowest BCUT2D eigenvalue weighted by atomic mass is 10.00. The summed E-state index contributed by atoms with van der Waals surface area (Å²) < 4.78 is 13.0. The lowest BCUT2D eigenvalue weighted by Gasteiger charge is -2.11. The number of hydrogen-bond acceptors (Lipinski definition) is 1. The highest BCUT2D eigenvalue weighted by Crippen LogP contribution is 2.21. The van der Waals surface area contributed by atoms with Gasteiger partial charge >= 0.3 is 0 Å². The van der Waals surface area contributed by atoms with Crippen molar-refractivity contribution in [3.63, 3.8) is 0 Å². The Kier molecular flexibility index (Phi) is 4.34. The molecule has 2 aromatic rings. The van der Waals surface area contributed by atoms with Gasteiger partial charge in [0, 0.05) is 6.04 Å². The zero-order valence-electron chi connectivity index (χ0n) is 9.81. The second-order valence-electron chi connectivity index (χ2n) is 4.13. The molecule has 2 aromatic carbocycles. The van der Waals surface area contributed by atoms with E-state index in [1.54, 1.807) is 12.1 Å². The van der Waals surface area contributed by atoms with E-state index >= 15 is 0 Å². The second-order valence-corrected chi connectivity index (χ2v) is 4.54. The molecule has 0 aliphatic carbocycles. The molecule has 93 valence electrons. The molecule has 1 unspecified atom stereocenters. The fraction of sp³-hybridized carbons (Fsp3) is 0.133. The van der Waals surface area contributed by atoms with Crippen LogP contribution in [0.1, 0.15) is 23.6 Å². The zero-order valence-corrected chi connectivity index (χ0v) is 10.6. The lowest BCUT2D eigenvalue weighted by Crippen LogP contribution is -2.10. The third-order valence-electron chi connectivity index (χ3n) is 2.78. The number of nitrogens with two attached hydrogens (primary N) is 1. The molecule has 0 aliphatic heterocycles. The van der Waals surface area contributed by atoms with Gasteiger partial charge in [0.2, 0.25) is 0 Å². The molecule has 0 aromatic heterocycles. The van der Waals surface area contributed by atoms with Crippen LogP contribution in [0.3, 0.4) is 0 Å². The van der Waals surface area contributed by atoms with Gasteiger partial charge in [0.05, 0.1) is 5.02 Å². The first-order valence-electron chi connectivity index (χ1n) is 5.75. The van der Waals surface area contributed by atoms with Crippen molar-refractivity contribution in [3.05, 3.63) is 76.9 Å². The first-order chi connectivity index (χ1) is 8.66. The molecular weight excluding hydrogens is 249 g/mol. The topological polar surface area (TPSA) is 26.0 Å². The maximum absolute atomic E-state index is 13.0. The zero-order chi connectivity index (χ0) is 13.0. The summed E-state index contributed by atoms with van der Waals surface area (Å²) in [6, 6.07) is 14.5. The largest absolute Gasteiger partial charge is 0.324 e. The molecule has 0 spiro atoms. The summed E-state index contributed by atoms with van der Waals surface area (Å²) in [6.07, 6.45) is 2.65. The molecule has 0 saturated heterocycles. The van der Waals surface area contributed by atoms with Crippen molar-refractivity contribution in [1.82, 2.24) is 0 Å². The van der Waals surface area contributed by atoms with Gasteiger partial charge in [0.15, 0.2) is 0 Å². The van der Waals surface area contributed by atoms with Crippen molar-refractivity contribution in [2.75, 3.05) is 0 Å². The fourth-order valence-corrected chi connectivity index (χ4v) is 1.93. The van der Waals surface area contributed by atoms with Crippen molar-refractivity contribution >= 4 is 11.6 Å². The monoisotopic (exact) mass is 262 g/mol. The summed E-state index contributed by atoms with van der Waals surface area (Å²) in [5.74, 6) is -0.402. The van der Waals surface area contributed by atoms with Crippen LogP contribution in [0.4, 0.5) is 4.39 Å². The summed E-state index contributed by atoms with van der Waals surface area (Å²) in [6.45, 7) is 0. The molecular formula is C15H14ClFN. The van der Waals surface area contributed by atoms with E-state index in [0.717, 1.165) is 11.1 Å². The number of hydrogen-bond donors (Lipinski definition) is 1. The van der Waals surface area contributed by atoms with E-state index in [9.17, 15) is 4.39 Å². The maximum Gasteiger partial charge on any atom is 0.141 e.